The molecule has 2 aromatic carbocycles. The van der Waals surface area contributed by atoms with Crippen LogP contribution in [0.4, 0.5) is 0 Å². The summed E-state index contributed by atoms with van der Waals surface area (Å²) in [5, 5.41) is 9.57. The normalized spacial score (nSPS) is 14.5. The molecule has 8 heteroatoms. The fourth-order valence-corrected chi connectivity index (χ4v) is 4.84. The molecule has 4 aromatic rings. The third-order valence-electron chi connectivity index (χ3n) is 6.72. The van der Waals surface area contributed by atoms with Gasteiger partial charge in [-0.15, -0.1) is 0 Å². The Morgan fingerprint density at radius 3 is 2.75 bits per heavy atom. The van der Waals surface area contributed by atoms with Crippen LogP contribution in [0.3, 0.4) is 0 Å². The zero-order valence-electron chi connectivity index (χ0n) is 21.1. The van der Waals surface area contributed by atoms with Gasteiger partial charge in [-0.25, -0.2) is 9.97 Å². The summed E-state index contributed by atoms with van der Waals surface area (Å²) in [4.78, 5) is 29.3. The Morgan fingerprint density at radius 2 is 2.03 bits per heavy atom. The van der Waals surface area contributed by atoms with Gasteiger partial charge in [-0.3, -0.25) is 4.79 Å². The van der Waals surface area contributed by atoms with Crippen LogP contribution in [-0.2, 0) is 13.0 Å². The molecule has 0 unspecified atom stereocenters. The Kier molecular flexibility index (Phi) is 6.47. The summed E-state index contributed by atoms with van der Waals surface area (Å²) in [6, 6.07) is 11.7. The Hall–Kier alpha value is -3.75. The number of aromatic nitrogens is 3. The summed E-state index contributed by atoms with van der Waals surface area (Å²) in [6.45, 7) is 3.84. The maximum atomic E-state index is 12.6. The number of aliphatic hydroxyl groups excluding tert-OH is 1. The van der Waals surface area contributed by atoms with E-state index in [0.29, 0.717) is 11.2 Å². The molecule has 0 spiro atoms. The largest absolute Gasteiger partial charge is 0.496 e. The number of fused-ring (bicyclic) bond motifs is 2. The lowest BCUT2D eigenvalue weighted by atomic mass is 9.95. The van der Waals surface area contributed by atoms with Crippen molar-refractivity contribution in [2.75, 3.05) is 34.3 Å². The van der Waals surface area contributed by atoms with Crippen LogP contribution in [-0.4, -0.2) is 76.2 Å². The molecule has 186 valence electrons. The molecule has 3 heterocycles. The number of amides is 1. The minimum absolute atomic E-state index is 0.129. The monoisotopic (exact) mass is 485 g/mol. The summed E-state index contributed by atoms with van der Waals surface area (Å²) in [6.07, 6.45) is 4.08. The first-order chi connectivity index (χ1) is 17.3. The van der Waals surface area contributed by atoms with Gasteiger partial charge in [0.15, 0.2) is 5.65 Å². The summed E-state index contributed by atoms with van der Waals surface area (Å²) in [5.74, 6) is 0.752. The number of hydrogen-bond donors (Lipinski definition) is 2. The number of ether oxygens (including phenoxy) is 1. The second-order valence-electron chi connectivity index (χ2n) is 9.57. The SMILES string of the molecule is COc1cc(-c2cnc3[nH]cc(-c4ccc(C(=O)N(C)C[C@H](C)O)cc4)c3n2)cc2c1CN(C)CC2. The molecule has 0 radical (unpaired) electrons. The highest BCUT2D eigenvalue weighted by Gasteiger charge is 2.20. The second-order valence-corrected chi connectivity index (χ2v) is 9.57. The number of rotatable bonds is 6. The van der Waals surface area contributed by atoms with Crippen LogP contribution in [0.1, 0.15) is 28.4 Å². The lowest BCUT2D eigenvalue weighted by Crippen LogP contribution is -2.32. The summed E-state index contributed by atoms with van der Waals surface area (Å²) in [7, 11) is 5.52. The minimum atomic E-state index is -0.575. The summed E-state index contributed by atoms with van der Waals surface area (Å²) >= 11 is 0. The molecule has 0 saturated carbocycles. The van der Waals surface area contributed by atoms with Gasteiger partial charge in [-0.2, -0.15) is 0 Å². The van der Waals surface area contributed by atoms with E-state index in [1.54, 1.807) is 39.4 Å². The number of benzene rings is 2. The van der Waals surface area contributed by atoms with E-state index in [-0.39, 0.29) is 12.5 Å². The van der Waals surface area contributed by atoms with E-state index in [2.05, 4.69) is 28.0 Å². The van der Waals surface area contributed by atoms with Crippen LogP contribution in [0.2, 0.25) is 0 Å². The van der Waals surface area contributed by atoms with Crippen molar-refractivity contribution >= 4 is 17.1 Å². The number of H-pyrrole nitrogens is 1. The molecule has 5 rings (SSSR count). The Labute approximate surface area is 210 Å². The zero-order chi connectivity index (χ0) is 25.4. The average Bonchev–Trinajstić information content (AvgIpc) is 3.30. The molecular weight excluding hydrogens is 454 g/mol. The van der Waals surface area contributed by atoms with Crippen molar-refractivity contribution in [3.05, 3.63) is 65.5 Å². The molecule has 0 aliphatic carbocycles. The van der Waals surface area contributed by atoms with Gasteiger partial charge in [0.25, 0.3) is 5.91 Å². The topological polar surface area (TPSA) is 94.6 Å². The molecule has 0 saturated heterocycles. The number of carbonyl (C=O) groups is 1. The number of nitrogens with zero attached hydrogens (tertiary/aromatic N) is 4. The highest BCUT2D eigenvalue weighted by atomic mass is 16.5. The van der Waals surface area contributed by atoms with Gasteiger partial charge < -0.3 is 24.6 Å². The number of aromatic amines is 1. The lowest BCUT2D eigenvalue weighted by molar-refractivity contribution is 0.0703. The number of methoxy groups -OCH3 is 1. The van der Waals surface area contributed by atoms with Gasteiger partial charge >= 0.3 is 0 Å². The van der Waals surface area contributed by atoms with Crippen molar-refractivity contribution in [1.29, 1.82) is 0 Å². The number of carbonyl (C=O) groups excluding carboxylic acids is 1. The number of hydrogen-bond acceptors (Lipinski definition) is 6. The Morgan fingerprint density at radius 1 is 1.25 bits per heavy atom. The standard InChI is InChI=1S/C28H31N5O3/c1-17(34)15-33(3)28(35)19-7-5-18(6-8-19)22-13-29-27-26(22)31-24(14-30-27)21-11-20-9-10-32(2)16-23(20)25(12-21)36-4/h5-8,11-14,17,34H,9-10,15-16H2,1-4H3,(H,29,30)/t17-/m0/s1. The van der Waals surface area contributed by atoms with Crippen molar-refractivity contribution in [3.8, 4) is 28.1 Å². The third-order valence-corrected chi connectivity index (χ3v) is 6.72. The first-order valence-electron chi connectivity index (χ1n) is 12.1. The van der Waals surface area contributed by atoms with Crippen LogP contribution in [0.15, 0.2) is 48.8 Å². The predicted molar refractivity (Wildman–Crippen MR) is 140 cm³/mol. The van der Waals surface area contributed by atoms with E-state index >= 15 is 0 Å². The van der Waals surface area contributed by atoms with Gasteiger partial charge in [-0.1, -0.05) is 12.1 Å². The van der Waals surface area contributed by atoms with Crippen molar-refractivity contribution in [2.24, 2.45) is 0 Å². The predicted octanol–water partition coefficient (Wildman–Crippen LogP) is 3.74. The van der Waals surface area contributed by atoms with Gasteiger partial charge in [0.05, 0.1) is 25.1 Å². The molecule has 2 N–H and O–H groups in total. The maximum absolute atomic E-state index is 12.6. The molecule has 36 heavy (non-hydrogen) atoms. The van der Waals surface area contributed by atoms with Gasteiger partial charge in [-0.05, 0) is 55.8 Å². The highest BCUT2D eigenvalue weighted by Crippen LogP contribution is 2.34. The molecule has 1 aliphatic rings. The molecule has 0 bridgehead atoms. The lowest BCUT2D eigenvalue weighted by Gasteiger charge is -2.27. The third kappa shape index (κ3) is 4.57. The number of nitrogens with one attached hydrogen (secondary N) is 1. The van der Waals surface area contributed by atoms with E-state index in [9.17, 15) is 9.90 Å². The van der Waals surface area contributed by atoms with Crippen LogP contribution < -0.4 is 4.74 Å². The quantitative estimate of drug-likeness (QED) is 0.432. The van der Waals surface area contributed by atoms with E-state index in [1.807, 2.05) is 24.4 Å². The highest BCUT2D eigenvalue weighted by molar-refractivity contribution is 5.96. The first kappa shape index (κ1) is 24.0. The first-order valence-corrected chi connectivity index (χ1v) is 12.1. The van der Waals surface area contributed by atoms with Crippen molar-refractivity contribution in [2.45, 2.75) is 26.0 Å². The van der Waals surface area contributed by atoms with E-state index in [1.165, 1.54) is 16.0 Å². The van der Waals surface area contributed by atoms with E-state index in [4.69, 9.17) is 9.72 Å². The van der Waals surface area contributed by atoms with Crippen LogP contribution in [0.25, 0.3) is 33.5 Å². The Balaban J connectivity index is 1.48. The molecule has 1 aliphatic heterocycles. The summed E-state index contributed by atoms with van der Waals surface area (Å²) < 4.78 is 5.73. The van der Waals surface area contributed by atoms with Crippen LogP contribution >= 0.6 is 0 Å². The van der Waals surface area contributed by atoms with Gasteiger partial charge in [0.1, 0.15) is 11.3 Å². The van der Waals surface area contributed by atoms with E-state index < -0.39 is 6.10 Å². The molecule has 8 nitrogen and oxygen atoms in total. The smallest absolute Gasteiger partial charge is 0.253 e. The molecular formula is C28H31N5O3. The number of aliphatic hydroxyl groups is 1. The van der Waals surface area contributed by atoms with Crippen LogP contribution in [0, 0.1) is 0 Å². The molecule has 0 fully saturated rings. The van der Waals surface area contributed by atoms with Gasteiger partial charge in [0, 0.05) is 55.1 Å². The Bertz CT molecular complexity index is 1390. The molecule has 1 atom stereocenters. The molecule has 2 aromatic heterocycles. The maximum Gasteiger partial charge on any atom is 0.253 e. The van der Waals surface area contributed by atoms with E-state index in [0.717, 1.165) is 53.2 Å². The number of likely N-dealkylation sites (N-methyl/N-ethyl adjacent to an activating group) is 2. The zero-order valence-corrected chi connectivity index (χ0v) is 21.1. The second kappa shape index (κ2) is 9.72. The van der Waals surface area contributed by atoms with Crippen molar-refractivity contribution in [3.63, 3.8) is 0 Å². The van der Waals surface area contributed by atoms with Crippen LogP contribution in [0.5, 0.6) is 5.75 Å². The average molecular weight is 486 g/mol. The summed E-state index contributed by atoms with van der Waals surface area (Å²) in [5.41, 5.74) is 8.20. The minimum Gasteiger partial charge on any atom is -0.496 e. The fourth-order valence-electron chi connectivity index (χ4n) is 4.84. The fraction of sp³-hybridized carbons (Fsp3) is 0.321. The van der Waals surface area contributed by atoms with Crippen molar-refractivity contribution in [1.82, 2.24) is 24.8 Å². The van der Waals surface area contributed by atoms with Gasteiger partial charge in [0.2, 0.25) is 0 Å². The van der Waals surface area contributed by atoms with Crippen molar-refractivity contribution < 1.29 is 14.6 Å². The molecule has 1 amide bonds.